The molecule has 3 rings (SSSR count). The molecular formula is C17H16N2O4S2. The molecule has 0 fully saturated rings. The fraction of sp³-hybridized carbons (Fsp3) is 0.118. The van der Waals surface area contributed by atoms with Crippen LogP contribution >= 0.6 is 11.3 Å². The number of amides is 1. The predicted molar refractivity (Wildman–Crippen MR) is 96.1 cm³/mol. The second-order valence-electron chi connectivity index (χ2n) is 5.36. The third-order valence-electron chi connectivity index (χ3n) is 3.46. The zero-order valence-corrected chi connectivity index (χ0v) is 15.0. The van der Waals surface area contributed by atoms with Crippen molar-refractivity contribution in [1.29, 1.82) is 0 Å². The minimum Gasteiger partial charge on any atom is -0.467 e. The van der Waals surface area contributed by atoms with Gasteiger partial charge in [-0.15, -0.1) is 11.3 Å². The highest BCUT2D eigenvalue weighted by atomic mass is 32.2. The van der Waals surface area contributed by atoms with E-state index in [1.165, 1.54) is 11.0 Å². The summed E-state index contributed by atoms with van der Waals surface area (Å²) in [4.78, 5) is 13.9. The molecule has 130 valence electrons. The van der Waals surface area contributed by atoms with E-state index in [1.54, 1.807) is 61.2 Å². The first-order valence-corrected chi connectivity index (χ1v) is 9.76. The number of hydrogen-bond donors (Lipinski definition) is 1. The average molecular weight is 376 g/mol. The molecule has 0 bridgehead atoms. The highest BCUT2D eigenvalue weighted by molar-refractivity contribution is 7.94. The maximum atomic E-state index is 12.4. The van der Waals surface area contributed by atoms with Crippen LogP contribution < -0.4 is 4.72 Å². The molecule has 3 aromatic rings. The molecule has 1 amide bonds. The Hall–Kier alpha value is -2.58. The predicted octanol–water partition coefficient (Wildman–Crippen LogP) is 3.41. The van der Waals surface area contributed by atoms with E-state index in [-0.39, 0.29) is 10.1 Å². The van der Waals surface area contributed by atoms with Crippen LogP contribution in [-0.4, -0.2) is 26.3 Å². The Morgan fingerprint density at radius 1 is 1.16 bits per heavy atom. The van der Waals surface area contributed by atoms with Gasteiger partial charge in [0.15, 0.2) is 0 Å². The largest absolute Gasteiger partial charge is 0.467 e. The van der Waals surface area contributed by atoms with Gasteiger partial charge in [0.25, 0.3) is 15.9 Å². The van der Waals surface area contributed by atoms with Gasteiger partial charge in [0.2, 0.25) is 0 Å². The first kappa shape index (κ1) is 17.2. The molecule has 0 atom stereocenters. The van der Waals surface area contributed by atoms with Gasteiger partial charge in [0, 0.05) is 18.3 Å². The summed E-state index contributed by atoms with van der Waals surface area (Å²) in [6.45, 7) is 0.360. The van der Waals surface area contributed by atoms with Crippen LogP contribution in [0.25, 0.3) is 0 Å². The number of nitrogens with one attached hydrogen (secondary N) is 1. The lowest BCUT2D eigenvalue weighted by atomic mass is 10.2. The smallest absolute Gasteiger partial charge is 0.271 e. The van der Waals surface area contributed by atoms with E-state index in [1.807, 2.05) is 0 Å². The van der Waals surface area contributed by atoms with Gasteiger partial charge in [-0.1, -0.05) is 6.07 Å². The molecule has 8 heteroatoms. The summed E-state index contributed by atoms with van der Waals surface area (Å²) in [5.41, 5.74) is 0.867. The number of carbonyl (C=O) groups is 1. The lowest BCUT2D eigenvalue weighted by molar-refractivity contribution is 0.0775. The standard InChI is InChI=1S/C17H16N2O4S2/c1-19(12-15-4-2-10-23-15)17(20)13-6-8-14(9-7-13)18-25(21,22)16-5-3-11-24-16/h2-11,18H,12H2,1H3. The number of thiophene rings is 1. The summed E-state index contributed by atoms with van der Waals surface area (Å²) >= 11 is 1.14. The van der Waals surface area contributed by atoms with Crippen molar-refractivity contribution in [2.24, 2.45) is 0 Å². The first-order chi connectivity index (χ1) is 12.0. The normalized spacial score (nSPS) is 11.2. The van der Waals surface area contributed by atoms with Crippen LogP contribution in [0.4, 0.5) is 5.69 Å². The van der Waals surface area contributed by atoms with Crippen LogP contribution in [0.2, 0.25) is 0 Å². The maximum Gasteiger partial charge on any atom is 0.271 e. The molecule has 6 nitrogen and oxygen atoms in total. The summed E-state index contributed by atoms with van der Waals surface area (Å²) < 4.78 is 32.3. The van der Waals surface area contributed by atoms with Gasteiger partial charge in [-0.05, 0) is 47.8 Å². The number of hydrogen-bond acceptors (Lipinski definition) is 5. The summed E-state index contributed by atoms with van der Waals surface area (Å²) in [7, 11) is -1.91. The van der Waals surface area contributed by atoms with Gasteiger partial charge in [-0.3, -0.25) is 9.52 Å². The molecule has 0 spiro atoms. The summed E-state index contributed by atoms with van der Waals surface area (Å²) in [6, 6.07) is 13.1. The van der Waals surface area contributed by atoms with Gasteiger partial charge < -0.3 is 9.32 Å². The van der Waals surface area contributed by atoms with Crippen molar-refractivity contribution in [1.82, 2.24) is 4.90 Å². The average Bonchev–Trinajstić information content (AvgIpc) is 3.28. The highest BCUT2D eigenvalue weighted by Gasteiger charge is 2.16. The molecule has 2 heterocycles. The molecule has 1 N–H and O–H groups in total. The van der Waals surface area contributed by atoms with Crippen molar-refractivity contribution < 1.29 is 17.6 Å². The number of carbonyl (C=O) groups excluding carboxylic acids is 1. The molecule has 0 aliphatic rings. The van der Waals surface area contributed by atoms with Crippen molar-refractivity contribution >= 4 is 33.0 Å². The summed E-state index contributed by atoms with van der Waals surface area (Å²) in [5, 5.41) is 1.70. The monoisotopic (exact) mass is 376 g/mol. The van der Waals surface area contributed by atoms with E-state index in [0.29, 0.717) is 23.6 Å². The number of sulfonamides is 1. The van der Waals surface area contributed by atoms with E-state index in [2.05, 4.69) is 4.72 Å². The van der Waals surface area contributed by atoms with Crippen molar-refractivity contribution in [3.63, 3.8) is 0 Å². The summed E-state index contributed by atoms with van der Waals surface area (Å²) in [5.74, 6) is 0.514. The number of anilines is 1. The van der Waals surface area contributed by atoms with Crippen LogP contribution in [-0.2, 0) is 16.6 Å². The van der Waals surface area contributed by atoms with Crippen molar-refractivity contribution in [2.45, 2.75) is 10.8 Å². The van der Waals surface area contributed by atoms with Crippen molar-refractivity contribution in [2.75, 3.05) is 11.8 Å². The zero-order chi connectivity index (χ0) is 17.9. The Kier molecular flexibility index (Phi) is 4.91. The van der Waals surface area contributed by atoms with E-state index >= 15 is 0 Å². The SMILES string of the molecule is CN(Cc1ccco1)C(=O)c1ccc(NS(=O)(=O)c2cccs2)cc1. The van der Waals surface area contributed by atoms with E-state index in [0.717, 1.165) is 11.3 Å². The van der Waals surface area contributed by atoms with Gasteiger partial charge in [-0.25, -0.2) is 8.42 Å². The molecule has 2 aromatic heterocycles. The fourth-order valence-electron chi connectivity index (χ4n) is 2.23. The molecule has 1 aromatic carbocycles. The van der Waals surface area contributed by atoms with Crippen LogP contribution in [0.1, 0.15) is 16.1 Å². The van der Waals surface area contributed by atoms with Crippen LogP contribution in [0.5, 0.6) is 0 Å². The Balaban J connectivity index is 1.68. The fourth-order valence-corrected chi connectivity index (χ4v) is 4.28. The van der Waals surface area contributed by atoms with Gasteiger partial charge >= 0.3 is 0 Å². The number of rotatable bonds is 6. The molecular weight excluding hydrogens is 360 g/mol. The summed E-state index contributed by atoms with van der Waals surface area (Å²) in [6.07, 6.45) is 1.56. The molecule has 0 radical (unpaired) electrons. The third kappa shape index (κ3) is 4.09. The Bertz CT molecular complexity index is 931. The molecule has 25 heavy (non-hydrogen) atoms. The highest BCUT2D eigenvalue weighted by Crippen LogP contribution is 2.20. The van der Waals surface area contributed by atoms with Gasteiger partial charge in [0.05, 0.1) is 12.8 Å². The number of benzene rings is 1. The van der Waals surface area contributed by atoms with Crippen LogP contribution in [0, 0.1) is 0 Å². The van der Waals surface area contributed by atoms with Gasteiger partial charge in [-0.2, -0.15) is 0 Å². The minimum atomic E-state index is -3.59. The minimum absolute atomic E-state index is 0.177. The number of furan rings is 1. The maximum absolute atomic E-state index is 12.4. The Labute approximate surface area is 149 Å². The third-order valence-corrected chi connectivity index (χ3v) is 6.24. The van der Waals surface area contributed by atoms with Crippen molar-refractivity contribution in [3.8, 4) is 0 Å². The quantitative estimate of drug-likeness (QED) is 0.715. The van der Waals surface area contributed by atoms with Crippen LogP contribution in [0.3, 0.4) is 0 Å². The second kappa shape index (κ2) is 7.12. The zero-order valence-electron chi connectivity index (χ0n) is 13.4. The lowest BCUT2D eigenvalue weighted by Gasteiger charge is -2.16. The molecule has 0 saturated carbocycles. The van der Waals surface area contributed by atoms with Crippen molar-refractivity contribution in [3.05, 3.63) is 71.5 Å². The van der Waals surface area contributed by atoms with E-state index in [9.17, 15) is 13.2 Å². The Morgan fingerprint density at radius 3 is 2.52 bits per heavy atom. The lowest BCUT2D eigenvalue weighted by Crippen LogP contribution is -2.26. The molecule has 0 aliphatic heterocycles. The Morgan fingerprint density at radius 2 is 1.92 bits per heavy atom. The molecule has 0 saturated heterocycles. The first-order valence-electron chi connectivity index (χ1n) is 7.40. The topological polar surface area (TPSA) is 79.6 Å². The van der Waals surface area contributed by atoms with E-state index < -0.39 is 10.0 Å². The molecule has 0 aliphatic carbocycles. The molecule has 0 unspecified atom stereocenters. The number of nitrogens with zero attached hydrogens (tertiary/aromatic N) is 1. The van der Waals surface area contributed by atoms with Crippen LogP contribution in [0.15, 0.2) is 68.8 Å². The van der Waals surface area contributed by atoms with E-state index in [4.69, 9.17) is 4.42 Å². The van der Waals surface area contributed by atoms with Gasteiger partial charge in [0.1, 0.15) is 9.97 Å². The second-order valence-corrected chi connectivity index (χ2v) is 8.21.